The highest BCUT2D eigenvalue weighted by atomic mass is 79.9. The lowest BCUT2D eigenvalue weighted by molar-refractivity contribution is 1.14. The van der Waals surface area contributed by atoms with Crippen LogP contribution in [-0.2, 0) is 0 Å². The number of para-hydroxylation sites is 1. The van der Waals surface area contributed by atoms with Gasteiger partial charge in [0.25, 0.3) is 0 Å². The summed E-state index contributed by atoms with van der Waals surface area (Å²) in [4.78, 5) is 0. The molecule has 0 bridgehead atoms. The number of nitrogens with zero attached hydrogens (tertiary/aromatic N) is 1. The highest BCUT2D eigenvalue weighted by Gasteiger charge is 2.00. The van der Waals surface area contributed by atoms with Gasteiger partial charge in [0.05, 0.1) is 0 Å². The minimum Gasteiger partial charge on any atom is -0.204 e. The van der Waals surface area contributed by atoms with E-state index in [0.717, 1.165) is 8.95 Å². The third-order valence-electron chi connectivity index (χ3n) is 1.05. The van der Waals surface area contributed by atoms with Crippen LogP contribution in [0.15, 0.2) is 32.3 Å². The maximum absolute atomic E-state index is 6.79. The lowest BCUT2D eigenvalue weighted by Crippen LogP contribution is -1.68. The Morgan fingerprint density at radius 2 is 1.70 bits per heavy atom. The molecule has 1 N–H and O–H groups in total. The van der Waals surface area contributed by atoms with Crippen LogP contribution < -0.4 is 0 Å². The van der Waals surface area contributed by atoms with Crippen molar-refractivity contribution in [2.24, 2.45) is 5.11 Å². The fraction of sp³-hybridized carbons (Fsp3) is 0. The predicted molar refractivity (Wildman–Crippen MR) is 46.6 cm³/mol. The van der Waals surface area contributed by atoms with Gasteiger partial charge in [-0.25, -0.2) is 5.53 Å². The van der Waals surface area contributed by atoms with Gasteiger partial charge in [0.2, 0.25) is 0 Å². The highest BCUT2D eigenvalue weighted by molar-refractivity contribution is 9.11. The molecule has 1 aromatic rings. The lowest BCUT2D eigenvalue weighted by atomic mass is 10.3. The minimum atomic E-state index is 0.627. The summed E-state index contributed by atoms with van der Waals surface area (Å²) in [6, 6.07) is 5.57. The average Bonchev–Trinajstić information content (AvgIpc) is 1.88. The first kappa shape index (κ1) is 7.88. The van der Waals surface area contributed by atoms with E-state index in [1.807, 2.05) is 18.2 Å². The summed E-state index contributed by atoms with van der Waals surface area (Å²) in [6.07, 6.45) is 0. The molecule has 0 amide bonds. The summed E-state index contributed by atoms with van der Waals surface area (Å²) < 4.78 is 1.66. The molecule has 0 aliphatic heterocycles. The fourth-order valence-electron chi connectivity index (χ4n) is 0.596. The summed E-state index contributed by atoms with van der Waals surface area (Å²) in [5.41, 5.74) is 7.42. The van der Waals surface area contributed by atoms with Gasteiger partial charge in [-0.05, 0) is 44.0 Å². The van der Waals surface area contributed by atoms with E-state index < -0.39 is 0 Å². The Labute approximate surface area is 75.4 Å². The molecule has 0 radical (unpaired) electrons. The van der Waals surface area contributed by atoms with E-state index in [0.29, 0.717) is 5.69 Å². The predicted octanol–water partition coefficient (Wildman–Crippen LogP) is 3.87. The number of nitrogens with one attached hydrogen (secondary N) is 1. The molecule has 1 rings (SSSR count). The molecule has 0 aromatic heterocycles. The van der Waals surface area contributed by atoms with Crippen LogP contribution in [0.3, 0.4) is 0 Å². The van der Waals surface area contributed by atoms with Crippen LogP contribution in [-0.4, -0.2) is 0 Å². The summed E-state index contributed by atoms with van der Waals surface area (Å²) in [5, 5.41) is 3.33. The SMILES string of the molecule is N=Nc1c(Br)cccc1Br. The molecule has 2 nitrogen and oxygen atoms in total. The quantitative estimate of drug-likeness (QED) is 0.747. The zero-order valence-electron chi connectivity index (χ0n) is 4.94. The Balaban J connectivity index is 3.30. The van der Waals surface area contributed by atoms with Crippen LogP contribution in [0, 0.1) is 5.53 Å². The molecule has 0 saturated carbocycles. The van der Waals surface area contributed by atoms with Crippen molar-refractivity contribution in [1.82, 2.24) is 0 Å². The Hall–Kier alpha value is -0.220. The van der Waals surface area contributed by atoms with Gasteiger partial charge in [0.15, 0.2) is 0 Å². The smallest absolute Gasteiger partial charge is 0.113 e. The summed E-state index contributed by atoms with van der Waals surface area (Å²) >= 11 is 6.53. The Bertz CT molecular complexity index is 240. The molecule has 0 heterocycles. The maximum atomic E-state index is 6.79. The molecular formula is C6H4Br2N2. The van der Waals surface area contributed by atoms with Gasteiger partial charge in [-0.3, -0.25) is 0 Å². The Kier molecular flexibility index (Phi) is 2.56. The standard InChI is InChI=1S/C6H4Br2N2/c7-4-2-1-3-5(8)6(4)10-9/h1-3,9H. The monoisotopic (exact) mass is 262 g/mol. The molecular weight excluding hydrogens is 260 g/mol. The molecule has 52 valence electrons. The fourth-order valence-corrected chi connectivity index (χ4v) is 1.77. The van der Waals surface area contributed by atoms with Gasteiger partial charge in [-0.2, -0.15) is 5.11 Å². The van der Waals surface area contributed by atoms with Crippen LogP contribution in [0.2, 0.25) is 0 Å². The van der Waals surface area contributed by atoms with E-state index in [1.54, 1.807) is 0 Å². The summed E-state index contributed by atoms with van der Waals surface area (Å²) in [6.45, 7) is 0. The van der Waals surface area contributed by atoms with Gasteiger partial charge in [-0.1, -0.05) is 6.07 Å². The van der Waals surface area contributed by atoms with E-state index >= 15 is 0 Å². The molecule has 4 heteroatoms. The third kappa shape index (κ3) is 1.44. The molecule has 0 aliphatic carbocycles. The van der Waals surface area contributed by atoms with Crippen LogP contribution >= 0.6 is 31.9 Å². The largest absolute Gasteiger partial charge is 0.204 e. The van der Waals surface area contributed by atoms with E-state index in [9.17, 15) is 0 Å². The van der Waals surface area contributed by atoms with Gasteiger partial charge >= 0.3 is 0 Å². The summed E-state index contributed by atoms with van der Waals surface area (Å²) in [5.74, 6) is 0. The first-order valence-electron chi connectivity index (χ1n) is 2.57. The van der Waals surface area contributed by atoms with Crippen LogP contribution in [0.4, 0.5) is 5.69 Å². The van der Waals surface area contributed by atoms with E-state index in [-0.39, 0.29) is 0 Å². The zero-order valence-corrected chi connectivity index (χ0v) is 8.11. The Morgan fingerprint density at radius 1 is 1.20 bits per heavy atom. The molecule has 0 saturated heterocycles. The van der Waals surface area contributed by atoms with Crippen LogP contribution in [0.5, 0.6) is 0 Å². The van der Waals surface area contributed by atoms with Gasteiger partial charge < -0.3 is 0 Å². The highest BCUT2D eigenvalue weighted by Crippen LogP contribution is 2.32. The molecule has 0 fully saturated rings. The van der Waals surface area contributed by atoms with E-state index in [2.05, 4.69) is 37.0 Å². The molecule has 0 unspecified atom stereocenters. The number of benzene rings is 1. The van der Waals surface area contributed by atoms with Crippen molar-refractivity contribution in [3.05, 3.63) is 27.1 Å². The lowest BCUT2D eigenvalue weighted by Gasteiger charge is -1.96. The van der Waals surface area contributed by atoms with E-state index in [4.69, 9.17) is 5.53 Å². The molecule has 0 spiro atoms. The van der Waals surface area contributed by atoms with Crippen molar-refractivity contribution in [3.8, 4) is 0 Å². The second-order valence-electron chi connectivity index (χ2n) is 1.68. The normalized spacial score (nSPS) is 9.40. The van der Waals surface area contributed by atoms with Gasteiger partial charge in [0, 0.05) is 8.95 Å². The maximum Gasteiger partial charge on any atom is 0.113 e. The van der Waals surface area contributed by atoms with Crippen molar-refractivity contribution in [3.63, 3.8) is 0 Å². The third-order valence-corrected chi connectivity index (χ3v) is 2.33. The van der Waals surface area contributed by atoms with Crippen molar-refractivity contribution < 1.29 is 0 Å². The molecule has 0 aliphatic rings. The number of hydrogen-bond donors (Lipinski definition) is 1. The van der Waals surface area contributed by atoms with Crippen molar-refractivity contribution in [1.29, 1.82) is 5.53 Å². The number of halogens is 2. The first-order valence-corrected chi connectivity index (χ1v) is 4.16. The van der Waals surface area contributed by atoms with Crippen LogP contribution in [0.25, 0.3) is 0 Å². The van der Waals surface area contributed by atoms with Gasteiger partial charge in [0.1, 0.15) is 5.69 Å². The molecule has 1 aromatic carbocycles. The Morgan fingerprint density at radius 3 is 2.00 bits per heavy atom. The molecule has 10 heavy (non-hydrogen) atoms. The number of hydrogen-bond acceptors (Lipinski definition) is 2. The molecule has 0 atom stereocenters. The van der Waals surface area contributed by atoms with Gasteiger partial charge in [-0.15, -0.1) is 0 Å². The summed E-state index contributed by atoms with van der Waals surface area (Å²) in [7, 11) is 0. The number of rotatable bonds is 1. The topological polar surface area (TPSA) is 36.2 Å². The minimum absolute atomic E-state index is 0.627. The van der Waals surface area contributed by atoms with Crippen LogP contribution in [0.1, 0.15) is 0 Å². The van der Waals surface area contributed by atoms with Crippen molar-refractivity contribution >= 4 is 37.5 Å². The first-order chi connectivity index (χ1) is 4.75. The average molecular weight is 264 g/mol. The second kappa shape index (κ2) is 3.25. The zero-order chi connectivity index (χ0) is 7.56. The second-order valence-corrected chi connectivity index (χ2v) is 3.39. The van der Waals surface area contributed by atoms with Crippen molar-refractivity contribution in [2.75, 3.05) is 0 Å². The van der Waals surface area contributed by atoms with Crippen molar-refractivity contribution in [2.45, 2.75) is 0 Å². The van der Waals surface area contributed by atoms with E-state index in [1.165, 1.54) is 0 Å².